The van der Waals surface area contributed by atoms with E-state index in [1.165, 1.54) is 0 Å². The summed E-state index contributed by atoms with van der Waals surface area (Å²) in [5.74, 6) is 0.755. The fourth-order valence-corrected chi connectivity index (χ4v) is 3.89. The first-order valence-corrected chi connectivity index (χ1v) is 9.57. The van der Waals surface area contributed by atoms with E-state index in [2.05, 4.69) is 15.2 Å². The molecule has 0 radical (unpaired) electrons. The first kappa shape index (κ1) is 18.3. The van der Waals surface area contributed by atoms with Gasteiger partial charge in [0.05, 0.1) is 28.8 Å². The molecule has 0 aliphatic carbocycles. The second kappa shape index (κ2) is 7.53. The number of carbonyl (C=O) groups is 1. The Labute approximate surface area is 163 Å². The van der Waals surface area contributed by atoms with Gasteiger partial charge in [0.25, 0.3) is 5.91 Å². The lowest BCUT2D eigenvalue weighted by molar-refractivity contribution is 0.0723. The van der Waals surface area contributed by atoms with Crippen LogP contribution in [0.2, 0.25) is 0 Å². The molecule has 3 aromatic rings. The van der Waals surface area contributed by atoms with Crippen molar-refractivity contribution in [2.45, 2.75) is 45.6 Å². The maximum Gasteiger partial charge on any atom is 0.274 e. The Kier molecular flexibility index (Phi) is 4.93. The number of aryl methyl sites for hydroxylation is 4. The van der Waals surface area contributed by atoms with Crippen LogP contribution in [0.1, 0.15) is 46.9 Å². The monoisotopic (exact) mass is 380 g/mol. The molecule has 1 saturated heterocycles. The van der Waals surface area contributed by atoms with Crippen molar-refractivity contribution in [3.8, 4) is 11.3 Å². The van der Waals surface area contributed by atoms with Crippen LogP contribution in [-0.4, -0.2) is 48.3 Å². The van der Waals surface area contributed by atoms with Crippen LogP contribution in [-0.2, 0) is 13.5 Å². The summed E-state index contributed by atoms with van der Waals surface area (Å²) in [6.45, 7) is 4.56. The van der Waals surface area contributed by atoms with E-state index < -0.39 is 0 Å². The van der Waals surface area contributed by atoms with Crippen molar-refractivity contribution in [2.75, 3.05) is 6.54 Å². The van der Waals surface area contributed by atoms with E-state index in [0.29, 0.717) is 5.69 Å². The summed E-state index contributed by atoms with van der Waals surface area (Å²) < 4.78 is 6.91. The Bertz CT molecular complexity index is 973. The predicted molar refractivity (Wildman–Crippen MR) is 103 cm³/mol. The van der Waals surface area contributed by atoms with Gasteiger partial charge in [-0.05, 0) is 45.6 Å². The number of nitrogens with zero attached hydrogens (tertiary/aromatic N) is 6. The van der Waals surface area contributed by atoms with Gasteiger partial charge in [0.2, 0.25) is 0 Å². The number of hydrogen-bond donors (Lipinski definition) is 0. The summed E-state index contributed by atoms with van der Waals surface area (Å²) in [6, 6.07) is 1.98. The lowest BCUT2D eigenvalue weighted by atomic mass is 10.1. The summed E-state index contributed by atoms with van der Waals surface area (Å²) in [5, 5.41) is 8.25. The molecule has 1 aliphatic rings. The van der Waals surface area contributed by atoms with Crippen LogP contribution in [0, 0.1) is 13.8 Å². The van der Waals surface area contributed by atoms with Gasteiger partial charge in [0, 0.05) is 32.0 Å². The van der Waals surface area contributed by atoms with Crippen LogP contribution >= 0.6 is 0 Å². The predicted octanol–water partition coefficient (Wildman–Crippen LogP) is 2.72. The third-order valence-corrected chi connectivity index (χ3v) is 5.28. The topological polar surface area (TPSA) is 89.9 Å². The molecule has 0 bridgehead atoms. The minimum absolute atomic E-state index is 0.0126. The van der Waals surface area contributed by atoms with E-state index in [9.17, 15) is 4.79 Å². The fraction of sp³-hybridized carbons (Fsp3) is 0.450. The highest BCUT2D eigenvalue weighted by Crippen LogP contribution is 2.26. The molecule has 1 atom stereocenters. The zero-order valence-electron chi connectivity index (χ0n) is 16.4. The largest absolute Gasteiger partial charge is 0.361 e. The molecule has 28 heavy (non-hydrogen) atoms. The van der Waals surface area contributed by atoms with Gasteiger partial charge in [-0.25, -0.2) is 4.98 Å². The third-order valence-electron chi connectivity index (χ3n) is 5.28. The molecule has 0 N–H and O–H groups in total. The Hall–Kier alpha value is -3.03. The van der Waals surface area contributed by atoms with Crippen LogP contribution in [0.4, 0.5) is 0 Å². The number of aromatic nitrogens is 5. The molecule has 0 aromatic carbocycles. The summed E-state index contributed by atoms with van der Waals surface area (Å²) >= 11 is 0. The van der Waals surface area contributed by atoms with E-state index in [-0.39, 0.29) is 11.9 Å². The summed E-state index contributed by atoms with van der Waals surface area (Å²) in [5.41, 5.74) is 3.92. The van der Waals surface area contributed by atoms with Crippen LogP contribution in [0.5, 0.6) is 0 Å². The highest BCUT2D eigenvalue weighted by atomic mass is 16.5. The first-order valence-electron chi connectivity index (χ1n) is 9.57. The molecule has 0 spiro atoms. The normalized spacial score (nSPS) is 16.7. The van der Waals surface area contributed by atoms with Crippen molar-refractivity contribution >= 4 is 5.91 Å². The first-order chi connectivity index (χ1) is 13.5. The van der Waals surface area contributed by atoms with Gasteiger partial charge in [-0.3, -0.25) is 14.5 Å². The zero-order chi connectivity index (χ0) is 19.7. The minimum Gasteiger partial charge on any atom is -0.361 e. The average Bonchev–Trinajstić information content (AvgIpc) is 3.40. The van der Waals surface area contributed by atoms with Crippen LogP contribution in [0.15, 0.2) is 29.2 Å². The summed E-state index contributed by atoms with van der Waals surface area (Å²) in [4.78, 5) is 23.8. The van der Waals surface area contributed by atoms with E-state index in [0.717, 1.165) is 60.6 Å². The fourth-order valence-electron chi connectivity index (χ4n) is 3.89. The molecular formula is C20H24N6O2. The molecule has 8 heteroatoms. The van der Waals surface area contributed by atoms with Gasteiger partial charge in [-0.1, -0.05) is 5.16 Å². The number of carbonyl (C=O) groups excluding carboxylic acids is 1. The van der Waals surface area contributed by atoms with Gasteiger partial charge in [0.15, 0.2) is 0 Å². The zero-order valence-corrected chi connectivity index (χ0v) is 16.4. The second-order valence-corrected chi connectivity index (χ2v) is 7.30. The molecule has 1 amide bonds. The minimum atomic E-state index is 0.0126. The molecule has 1 fully saturated rings. The maximum atomic E-state index is 12.8. The average molecular weight is 380 g/mol. The molecular weight excluding hydrogens is 356 g/mol. The van der Waals surface area contributed by atoms with Crippen LogP contribution < -0.4 is 0 Å². The smallest absolute Gasteiger partial charge is 0.274 e. The molecule has 4 rings (SSSR count). The van der Waals surface area contributed by atoms with E-state index in [1.54, 1.807) is 29.3 Å². The molecule has 0 saturated carbocycles. The number of rotatable bonds is 5. The van der Waals surface area contributed by atoms with Crippen molar-refractivity contribution in [1.82, 2.24) is 29.8 Å². The van der Waals surface area contributed by atoms with Gasteiger partial charge in [-0.2, -0.15) is 5.10 Å². The van der Waals surface area contributed by atoms with Gasteiger partial charge >= 0.3 is 0 Å². The Morgan fingerprint density at radius 2 is 2.18 bits per heavy atom. The van der Waals surface area contributed by atoms with Gasteiger partial charge < -0.3 is 9.42 Å². The Morgan fingerprint density at radius 1 is 1.32 bits per heavy atom. The van der Waals surface area contributed by atoms with Crippen molar-refractivity contribution in [3.05, 3.63) is 47.5 Å². The highest BCUT2D eigenvalue weighted by Gasteiger charge is 2.30. The van der Waals surface area contributed by atoms with Gasteiger partial charge in [-0.15, -0.1) is 0 Å². The van der Waals surface area contributed by atoms with Crippen molar-refractivity contribution in [3.63, 3.8) is 0 Å². The van der Waals surface area contributed by atoms with Crippen molar-refractivity contribution in [1.29, 1.82) is 0 Å². The van der Waals surface area contributed by atoms with E-state index >= 15 is 0 Å². The third kappa shape index (κ3) is 3.54. The maximum absolute atomic E-state index is 12.8. The Balaban J connectivity index is 1.45. The summed E-state index contributed by atoms with van der Waals surface area (Å²) in [6.07, 6.45) is 8.99. The second-order valence-electron chi connectivity index (χ2n) is 7.30. The van der Waals surface area contributed by atoms with Crippen molar-refractivity contribution in [2.24, 2.45) is 7.05 Å². The molecule has 0 unspecified atom stereocenters. The Morgan fingerprint density at radius 3 is 2.89 bits per heavy atom. The molecule has 1 aliphatic heterocycles. The number of likely N-dealkylation sites (tertiary alicyclic amines) is 1. The molecule has 146 valence electrons. The number of hydrogen-bond acceptors (Lipinski definition) is 6. The van der Waals surface area contributed by atoms with E-state index in [1.807, 2.05) is 25.8 Å². The molecule has 4 heterocycles. The lowest BCUT2D eigenvalue weighted by Crippen LogP contribution is -2.36. The van der Waals surface area contributed by atoms with Crippen LogP contribution in [0.25, 0.3) is 11.3 Å². The summed E-state index contributed by atoms with van der Waals surface area (Å²) in [7, 11) is 1.82. The van der Waals surface area contributed by atoms with Crippen LogP contribution in [0.3, 0.4) is 0 Å². The lowest BCUT2D eigenvalue weighted by Gasteiger charge is -2.23. The van der Waals surface area contributed by atoms with E-state index in [4.69, 9.17) is 9.51 Å². The highest BCUT2D eigenvalue weighted by molar-refractivity contribution is 5.92. The quantitative estimate of drug-likeness (QED) is 0.676. The molecule has 3 aromatic heterocycles. The molecule has 8 nitrogen and oxygen atoms in total. The standard InChI is InChI=1S/C20H24N6O2/c1-13-19(14(2)28-24-13)18-12-21-11-15(22-18)6-7-16-5-4-9-26(16)20(27)17-8-10-25(3)23-17/h8,10-12,16H,4-7,9H2,1-3H3/t16-/m0/s1. The van der Waals surface area contributed by atoms with Gasteiger partial charge in [0.1, 0.15) is 11.5 Å². The van der Waals surface area contributed by atoms with Crippen molar-refractivity contribution < 1.29 is 9.32 Å². The number of amides is 1. The SMILES string of the molecule is Cc1noc(C)c1-c1cncc(CC[C@@H]2CCCN2C(=O)c2ccn(C)n2)n1.